The quantitative estimate of drug-likeness (QED) is 0.484. The molecule has 0 aromatic heterocycles. The maximum atomic E-state index is 11.9. The van der Waals surface area contributed by atoms with E-state index in [1.807, 2.05) is 24.3 Å². The Hall–Kier alpha value is -0.900. The van der Waals surface area contributed by atoms with Crippen molar-refractivity contribution < 1.29 is 4.79 Å². The highest BCUT2D eigenvalue weighted by atomic mass is 79.9. The highest BCUT2D eigenvalue weighted by Crippen LogP contribution is 2.13. The van der Waals surface area contributed by atoms with Gasteiger partial charge in [-0.3, -0.25) is 4.79 Å². The van der Waals surface area contributed by atoms with Gasteiger partial charge in [0.25, 0.3) is 0 Å². The molecule has 1 nitrogen and oxygen atoms in total. The number of hydrogen-bond acceptors (Lipinski definition) is 1. The van der Waals surface area contributed by atoms with Crippen LogP contribution in [0.1, 0.15) is 15.9 Å². The number of rotatable bonds is 3. The van der Waals surface area contributed by atoms with Crippen LogP contribution in [0.25, 0.3) is 6.08 Å². The van der Waals surface area contributed by atoms with E-state index in [2.05, 4.69) is 15.9 Å². The summed E-state index contributed by atoms with van der Waals surface area (Å²) in [6, 6.07) is 14.6. The van der Waals surface area contributed by atoms with E-state index >= 15 is 0 Å². The molecule has 0 heterocycles. The van der Waals surface area contributed by atoms with Crippen molar-refractivity contribution in [3.63, 3.8) is 0 Å². The number of allylic oxidation sites excluding steroid dienone is 1. The Labute approximate surface area is 136 Å². The lowest BCUT2D eigenvalue weighted by Crippen LogP contribution is -1.92. The molecule has 0 N–H and O–H groups in total. The summed E-state index contributed by atoms with van der Waals surface area (Å²) < 4.78 is 1.02. The van der Waals surface area contributed by atoms with Crippen LogP contribution in [0.3, 0.4) is 0 Å². The molecule has 0 spiro atoms. The van der Waals surface area contributed by atoms with Gasteiger partial charge in [0.15, 0.2) is 5.78 Å². The van der Waals surface area contributed by atoms with Crippen molar-refractivity contribution in [3.8, 4) is 0 Å². The molecule has 0 saturated heterocycles. The van der Waals surface area contributed by atoms with Crippen LogP contribution in [0.5, 0.6) is 0 Å². The van der Waals surface area contributed by atoms with Gasteiger partial charge in [-0.25, -0.2) is 0 Å². The lowest BCUT2D eigenvalue weighted by atomic mass is 10.1. The van der Waals surface area contributed by atoms with Gasteiger partial charge >= 0.3 is 0 Å². The number of benzene rings is 2. The Morgan fingerprint density at radius 2 is 1.58 bits per heavy atom. The van der Waals surface area contributed by atoms with Crippen LogP contribution >= 0.6 is 44.5 Å². The second-order valence-corrected chi connectivity index (χ2v) is 5.11. The van der Waals surface area contributed by atoms with E-state index in [1.165, 1.54) is 0 Å². The fraction of sp³-hybridized carbons (Fsp3) is 0. The summed E-state index contributed by atoms with van der Waals surface area (Å²) in [7, 11) is 0. The fourth-order valence-corrected chi connectivity index (χ4v) is 1.85. The zero-order valence-electron chi connectivity index (χ0n) is 9.85. The second-order valence-electron chi connectivity index (χ2n) is 3.76. The summed E-state index contributed by atoms with van der Waals surface area (Å²) in [4.78, 5) is 11.9. The van der Waals surface area contributed by atoms with Crippen LogP contribution in [0.4, 0.5) is 0 Å². The third-order valence-electron chi connectivity index (χ3n) is 2.43. The molecule has 0 bridgehead atoms. The molecule has 0 saturated carbocycles. The van der Waals surface area contributed by atoms with Crippen molar-refractivity contribution in [2.24, 2.45) is 0 Å². The molecule has 4 heteroatoms. The Morgan fingerprint density at radius 1 is 1.00 bits per heavy atom. The smallest absolute Gasteiger partial charge is 0.185 e. The van der Waals surface area contributed by atoms with E-state index < -0.39 is 0 Å². The summed E-state index contributed by atoms with van der Waals surface area (Å²) >= 11 is 9.14. The molecule has 0 aliphatic rings. The first-order chi connectivity index (χ1) is 8.65. The maximum absolute atomic E-state index is 11.9. The molecular formula is C15H11Br2ClO. The van der Waals surface area contributed by atoms with Gasteiger partial charge in [0.2, 0.25) is 0 Å². The van der Waals surface area contributed by atoms with Crippen molar-refractivity contribution in [1.29, 1.82) is 0 Å². The summed E-state index contributed by atoms with van der Waals surface area (Å²) in [6.45, 7) is 0. The lowest BCUT2D eigenvalue weighted by Gasteiger charge is -1.96. The zero-order chi connectivity index (χ0) is 13.0. The molecule has 0 fully saturated rings. The first-order valence-corrected chi connectivity index (χ1v) is 6.56. The van der Waals surface area contributed by atoms with Crippen LogP contribution in [0, 0.1) is 0 Å². The largest absolute Gasteiger partial charge is 0.289 e. The van der Waals surface area contributed by atoms with Crippen LogP contribution in [-0.4, -0.2) is 5.78 Å². The van der Waals surface area contributed by atoms with Crippen molar-refractivity contribution in [1.82, 2.24) is 0 Å². The third-order valence-corrected chi connectivity index (χ3v) is 3.21. The van der Waals surface area contributed by atoms with E-state index in [-0.39, 0.29) is 22.8 Å². The predicted molar refractivity (Wildman–Crippen MR) is 89.3 cm³/mol. The van der Waals surface area contributed by atoms with Crippen LogP contribution < -0.4 is 0 Å². The molecule has 0 aliphatic heterocycles. The predicted octanol–water partition coefficient (Wildman–Crippen LogP) is 5.58. The molecule has 98 valence electrons. The SMILES string of the molecule is Br.O=C(/C=C/c1ccc(Br)cc1)c1ccc(Cl)cc1. The van der Waals surface area contributed by atoms with E-state index in [9.17, 15) is 4.79 Å². The Kier molecular flexibility index (Phi) is 6.49. The standard InChI is InChI=1S/C15H10BrClO.BrH/c16-13-6-1-11(2-7-13)3-10-15(18)12-4-8-14(17)9-5-12;/h1-10H;1H/b10-3+;. The average Bonchev–Trinajstić information content (AvgIpc) is 2.38. The van der Waals surface area contributed by atoms with Crippen molar-refractivity contribution >= 4 is 56.4 Å². The van der Waals surface area contributed by atoms with Crippen LogP contribution in [-0.2, 0) is 0 Å². The Balaban J connectivity index is 0.00000180. The fourth-order valence-electron chi connectivity index (χ4n) is 1.46. The van der Waals surface area contributed by atoms with Crippen molar-refractivity contribution in [2.75, 3.05) is 0 Å². The number of halogens is 3. The summed E-state index contributed by atoms with van der Waals surface area (Å²) in [5.41, 5.74) is 1.62. The lowest BCUT2D eigenvalue weighted by molar-refractivity contribution is 0.104. The Bertz CT molecular complexity index is 574. The first kappa shape index (κ1) is 16.2. The van der Waals surface area contributed by atoms with Gasteiger partial charge in [-0.1, -0.05) is 45.7 Å². The molecule has 0 amide bonds. The van der Waals surface area contributed by atoms with Crippen molar-refractivity contribution in [2.45, 2.75) is 0 Å². The topological polar surface area (TPSA) is 17.1 Å². The number of ketones is 1. The number of carbonyl (C=O) groups excluding carboxylic acids is 1. The highest BCUT2D eigenvalue weighted by Gasteiger charge is 2.00. The van der Waals surface area contributed by atoms with E-state index in [0.29, 0.717) is 10.6 Å². The molecule has 2 aromatic carbocycles. The minimum Gasteiger partial charge on any atom is -0.289 e. The normalized spacial score (nSPS) is 10.2. The van der Waals surface area contributed by atoms with E-state index in [1.54, 1.807) is 36.4 Å². The van der Waals surface area contributed by atoms with Gasteiger partial charge < -0.3 is 0 Å². The molecule has 0 atom stereocenters. The summed E-state index contributed by atoms with van der Waals surface area (Å²) in [5.74, 6) is -0.0328. The van der Waals surface area contributed by atoms with Gasteiger partial charge in [0, 0.05) is 15.1 Å². The maximum Gasteiger partial charge on any atom is 0.185 e. The van der Waals surface area contributed by atoms with E-state index in [0.717, 1.165) is 10.0 Å². The van der Waals surface area contributed by atoms with E-state index in [4.69, 9.17) is 11.6 Å². The monoisotopic (exact) mass is 400 g/mol. The van der Waals surface area contributed by atoms with Gasteiger partial charge in [-0.05, 0) is 48.0 Å². The van der Waals surface area contributed by atoms with Gasteiger partial charge in [-0.2, -0.15) is 0 Å². The average molecular weight is 403 g/mol. The number of carbonyl (C=O) groups is 1. The van der Waals surface area contributed by atoms with Gasteiger partial charge in [0.1, 0.15) is 0 Å². The molecule has 0 unspecified atom stereocenters. The zero-order valence-corrected chi connectivity index (χ0v) is 13.9. The molecular weight excluding hydrogens is 391 g/mol. The van der Waals surface area contributed by atoms with Crippen LogP contribution in [0.2, 0.25) is 5.02 Å². The molecule has 0 aliphatic carbocycles. The minimum absolute atomic E-state index is 0. The number of hydrogen-bond donors (Lipinski definition) is 0. The molecule has 2 aromatic rings. The third kappa shape index (κ3) is 4.94. The van der Waals surface area contributed by atoms with Crippen molar-refractivity contribution in [3.05, 3.63) is 75.2 Å². The summed E-state index contributed by atoms with van der Waals surface area (Å²) in [6.07, 6.45) is 3.36. The Morgan fingerprint density at radius 3 is 2.16 bits per heavy atom. The molecule has 0 radical (unpaired) electrons. The van der Waals surface area contributed by atoms with Gasteiger partial charge in [-0.15, -0.1) is 17.0 Å². The second kappa shape index (κ2) is 7.63. The molecule has 19 heavy (non-hydrogen) atoms. The molecule has 2 rings (SSSR count). The van der Waals surface area contributed by atoms with Gasteiger partial charge in [0.05, 0.1) is 0 Å². The highest BCUT2D eigenvalue weighted by molar-refractivity contribution is 9.10. The summed E-state index contributed by atoms with van der Waals surface area (Å²) in [5, 5.41) is 0.628. The minimum atomic E-state index is -0.0328. The van der Waals surface area contributed by atoms with Crippen LogP contribution in [0.15, 0.2) is 59.1 Å². The first-order valence-electron chi connectivity index (χ1n) is 5.39.